The van der Waals surface area contributed by atoms with Crippen LogP contribution >= 0.6 is 11.3 Å². The molecule has 1 heterocycles. The fourth-order valence-corrected chi connectivity index (χ4v) is 4.11. The van der Waals surface area contributed by atoms with E-state index in [9.17, 15) is 5.11 Å². The van der Waals surface area contributed by atoms with Gasteiger partial charge in [-0.3, -0.25) is 0 Å². The summed E-state index contributed by atoms with van der Waals surface area (Å²) in [6, 6.07) is 0. The number of aromatic nitrogens is 1. The van der Waals surface area contributed by atoms with Crippen molar-refractivity contribution in [1.82, 2.24) is 10.3 Å². The number of hydrogen-bond acceptors (Lipinski definition) is 4. The summed E-state index contributed by atoms with van der Waals surface area (Å²) in [5.74, 6) is 0.737. The summed E-state index contributed by atoms with van der Waals surface area (Å²) in [5.41, 5.74) is -0.459. The smallest absolute Gasteiger partial charge is 0.0959 e. The molecule has 0 atom stereocenters. The zero-order valence-electron chi connectivity index (χ0n) is 11.5. The van der Waals surface area contributed by atoms with Crippen molar-refractivity contribution < 1.29 is 5.11 Å². The predicted octanol–water partition coefficient (Wildman–Crippen LogP) is 3.20. The maximum absolute atomic E-state index is 10.4. The minimum absolute atomic E-state index is 0.459. The van der Waals surface area contributed by atoms with Gasteiger partial charge in [0.15, 0.2) is 0 Å². The first kappa shape index (κ1) is 13.5. The Morgan fingerprint density at radius 2 is 2.05 bits per heavy atom. The second-order valence-electron chi connectivity index (χ2n) is 6.18. The molecule has 2 saturated carbocycles. The molecule has 3 rings (SSSR count). The highest BCUT2D eigenvalue weighted by molar-refractivity contribution is 7.11. The summed E-state index contributed by atoms with van der Waals surface area (Å²) in [4.78, 5) is 5.84. The molecule has 1 aromatic heterocycles. The molecule has 0 amide bonds. The summed E-state index contributed by atoms with van der Waals surface area (Å²) in [7, 11) is 0. The minimum Gasteiger partial charge on any atom is -0.389 e. The number of rotatable bonds is 5. The van der Waals surface area contributed by atoms with Crippen LogP contribution in [-0.4, -0.2) is 22.2 Å². The van der Waals surface area contributed by atoms with Gasteiger partial charge in [0.05, 0.1) is 10.6 Å². The maximum Gasteiger partial charge on any atom is 0.0959 e. The van der Waals surface area contributed by atoms with Gasteiger partial charge >= 0.3 is 0 Å². The summed E-state index contributed by atoms with van der Waals surface area (Å²) in [5, 5.41) is 15.2. The van der Waals surface area contributed by atoms with Gasteiger partial charge in [-0.1, -0.05) is 25.7 Å². The van der Waals surface area contributed by atoms with E-state index in [4.69, 9.17) is 0 Å². The zero-order chi connectivity index (χ0) is 13.1. The third-order valence-electron chi connectivity index (χ3n) is 4.56. The Bertz CT molecular complexity index is 408. The van der Waals surface area contributed by atoms with Gasteiger partial charge in [-0.15, -0.1) is 11.3 Å². The Hall–Kier alpha value is -0.450. The van der Waals surface area contributed by atoms with E-state index in [1.54, 1.807) is 0 Å². The van der Waals surface area contributed by atoms with Gasteiger partial charge in [0.1, 0.15) is 0 Å². The fraction of sp³-hybridized carbons (Fsp3) is 0.800. The summed E-state index contributed by atoms with van der Waals surface area (Å²) < 4.78 is 0. The van der Waals surface area contributed by atoms with Crippen molar-refractivity contribution in [3.8, 4) is 0 Å². The van der Waals surface area contributed by atoms with E-state index in [1.165, 1.54) is 48.4 Å². The maximum atomic E-state index is 10.4. The Labute approximate surface area is 119 Å². The number of nitrogens with one attached hydrogen (secondary N) is 1. The third kappa shape index (κ3) is 3.36. The molecule has 2 aliphatic rings. The average Bonchev–Trinajstić information content (AvgIpc) is 2.76. The van der Waals surface area contributed by atoms with Crippen LogP contribution in [0.2, 0.25) is 0 Å². The van der Waals surface area contributed by atoms with Gasteiger partial charge in [-0.2, -0.15) is 0 Å². The highest BCUT2D eigenvalue weighted by Gasteiger charge is 2.28. The first-order chi connectivity index (χ1) is 9.25. The minimum atomic E-state index is -0.459. The number of hydrogen-bond donors (Lipinski definition) is 2. The normalized spacial score (nSPS) is 23.2. The molecule has 0 spiro atoms. The van der Waals surface area contributed by atoms with Crippen LogP contribution in [0.15, 0.2) is 6.20 Å². The van der Waals surface area contributed by atoms with E-state index in [-0.39, 0.29) is 0 Å². The lowest BCUT2D eigenvalue weighted by Gasteiger charge is -2.32. The monoisotopic (exact) mass is 280 g/mol. The number of aliphatic hydroxyl groups is 1. The van der Waals surface area contributed by atoms with E-state index in [1.807, 2.05) is 17.5 Å². The number of nitrogens with zero attached hydrogens (tertiary/aromatic N) is 1. The molecule has 4 heteroatoms. The lowest BCUT2D eigenvalue weighted by Crippen LogP contribution is -2.41. The molecule has 2 N–H and O–H groups in total. The van der Waals surface area contributed by atoms with Crippen molar-refractivity contribution in [3.63, 3.8) is 0 Å². The summed E-state index contributed by atoms with van der Waals surface area (Å²) >= 11 is 1.85. The quantitative estimate of drug-likeness (QED) is 0.870. The SMILES string of the molecule is OC1(CNCc2cnc(C3CCC3)s2)CCCCC1. The molecular formula is C15H24N2OS. The van der Waals surface area contributed by atoms with E-state index >= 15 is 0 Å². The molecule has 2 fully saturated rings. The molecule has 106 valence electrons. The van der Waals surface area contributed by atoms with E-state index in [0.717, 1.165) is 31.8 Å². The topological polar surface area (TPSA) is 45.1 Å². The van der Waals surface area contributed by atoms with Crippen LogP contribution in [0.25, 0.3) is 0 Å². The van der Waals surface area contributed by atoms with Crippen molar-refractivity contribution in [2.24, 2.45) is 0 Å². The Morgan fingerprint density at radius 3 is 2.74 bits per heavy atom. The number of thiazole rings is 1. The van der Waals surface area contributed by atoms with E-state index < -0.39 is 5.60 Å². The first-order valence-corrected chi connectivity index (χ1v) is 8.45. The summed E-state index contributed by atoms with van der Waals surface area (Å²) in [6.45, 7) is 1.58. The molecule has 0 radical (unpaired) electrons. The van der Waals surface area contributed by atoms with Gasteiger partial charge in [0, 0.05) is 30.1 Å². The molecule has 1 aromatic rings. The molecule has 3 nitrogen and oxygen atoms in total. The van der Waals surface area contributed by atoms with Gasteiger partial charge in [0.25, 0.3) is 0 Å². The van der Waals surface area contributed by atoms with Crippen LogP contribution in [0, 0.1) is 0 Å². The van der Waals surface area contributed by atoms with Gasteiger partial charge in [0.2, 0.25) is 0 Å². The van der Waals surface area contributed by atoms with Crippen LogP contribution in [0.4, 0.5) is 0 Å². The van der Waals surface area contributed by atoms with Crippen molar-refractivity contribution >= 4 is 11.3 Å². The Morgan fingerprint density at radius 1 is 1.26 bits per heavy atom. The lowest BCUT2D eigenvalue weighted by molar-refractivity contribution is 0.00472. The first-order valence-electron chi connectivity index (χ1n) is 7.63. The van der Waals surface area contributed by atoms with Crippen molar-refractivity contribution in [2.45, 2.75) is 69.4 Å². The predicted molar refractivity (Wildman–Crippen MR) is 78.4 cm³/mol. The second kappa shape index (κ2) is 5.90. The highest BCUT2D eigenvalue weighted by atomic mass is 32.1. The Kier molecular flexibility index (Phi) is 4.20. The van der Waals surface area contributed by atoms with Crippen LogP contribution < -0.4 is 5.32 Å². The van der Waals surface area contributed by atoms with Crippen molar-refractivity contribution in [3.05, 3.63) is 16.1 Å². The highest BCUT2D eigenvalue weighted by Crippen LogP contribution is 2.38. The van der Waals surface area contributed by atoms with Crippen LogP contribution in [0.1, 0.15) is 67.2 Å². The Balaban J connectivity index is 1.45. The molecular weight excluding hydrogens is 256 g/mol. The van der Waals surface area contributed by atoms with Crippen molar-refractivity contribution in [1.29, 1.82) is 0 Å². The van der Waals surface area contributed by atoms with E-state index in [0.29, 0.717) is 0 Å². The van der Waals surface area contributed by atoms with Crippen LogP contribution in [0.5, 0.6) is 0 Å². The molecule has 0 aliphatic heterocycles. The third-order valence-corrected chi connectivity index (χ3v) is 5.72. The van der Waals surface area contributed by atoms with Crippen LogP contribution in [-0.2, 0) is 6.54 Å². The molecule has 0 bridgehead atoms. The van der Waals surface area contributed by atoms with Gasteiger partial charge in [-0.25, -0.2) is 4.98 Å². The molecule has 0 unspecified atom stereocenters. The largest absolute Gasteiger partial charge is 0.389 e. The van der Waals surface area contributed by atoms with Crippen molar-refractivity contribution in [2.75, 3.05) is 6.54 Å². The standard InChI is InChI=1S/C15H24N2OS/c18-15(7-2-1-3-8-15)11-16-9-13-10-17-14(19-13)12-5-4-6-12/h10,12,16,18H,1-9,11H2. The molecule has 19 heavy (non-hydrogen) atoms. The van der Waals surface area contributed by atoms with Crippen LogP contribution in [0.3, 0.4) is 0 Å². The van der Waals surface area contributed by atoms with Gasteiger partial charge < -0.3 is 10.4 Å². The van der Waals surface area contributed by atoms with Gasteiger partial charge in [-0.05, 0) is 25.7 Å². The van der Waals surface area contributed by atoms with E-state index in [2.05, 4.69) is 10.3 Å². The molecule has 0 aromatic carbocycles. The average molecular weight is 280 g/mol. The molecule has 2 aliphatic carbocycles. The second-order valence-corrected chi connectivity index (χ2v) is 7.33. The molecule has 0 saturated heterocycles. The fourth-order valence-electron chi connectivity index (χ4n) is 3.05. The summed E-state index contributed by atoms with van der Waals surface area (Å²) in [6.07, 6.45) is 11.5. The zero-order valence-corrected chi connectivity index (χ0v) is 12.3. The lowest BCUT2D eigenvalue weighted by atomic mass is 9.85.